The Labute approximate surface area is 194 Å². The lowest BCUT2D eigenvalue weighted by atomic mass is 9.78. The summed E-state index contributed by atoms with van der Waals surface area (Å²) in [5.74, 6) is -3.61. The van der Waals surface area contributed by atoms with Crippen LogP contribution in [0.25, 0.3) is 0 Å². The molecule has 0 saturated heterocycles. The van der Waals surface area contributed by atoms with Gasteiger partial charge in [0.05, 0.1) is 12.7 Å². The Morgan fingerprint density at radius 2 is 1.09 bits per heavy atom. The van der Waals surface area contributed by atoms with Crippen molar-refractivity contribution in [1.82, 2.24) is 0 Å². The van der Waals surface area contributed by atoms with Gasteiger partial charge in [-0.05, 0) is 48.2 Å². The van der Waals surface area contributed by atoms with Crippen molar-refractivity contribution in [3.05, 3.63) is 69.8 Å². The van der Waals surface area contributed by atoms with Gasteiger partial charge in [-0.1, -0.05) is 13.8 Å². The molecule has 0 aliphatic carbocycles. The van der Waals surface area contributed by atoms with E-state index in [4.69, 9.17) is 0 Å². The van der Waals surface area contributed by atoms with Crippen molar-refractivity contribution < 1.29 is 48.2 Å². The Morgan fingerprint density at radius 1 is 0.706 bits per heavy atom. The van der Waals surface area contributed by atoms with E-state index in [2.05, 4.69) is 0 Å². The molecule has 0 radical (unpaired) electrons. The van der Waals surface area contributed by atoms with Crippen LogP contribution in [0, 0.1) is 23.3 Å². The van der Waals surface area contributed by atoms with Gasteiger partial charge in [0, 0.05) is 24.0 Å². The molecule has 5 atom stereocenters. The Morgan fingerprint density at radius 3 is 1.47 bits per heavy atom. The number of benzene rings is 2. The van der Waals surface area contributed by atoms with Gasteiger partial charge < -0.3 is 30.6 Å². The van der Waals surface area contributed by atoms with Gasteiger partial charge in [0.25, 0.3) is 0 Å². The summed E-state index contributed by atoms with van der Waals surface area (Å²) in [4.78, 5) is 0. The molecule has 0 spiro atoms. The van der Waals surface area contributed by atoms with Gasteiger partial charge in [0.1, 0.15) is 47.2 Å². The molecule has 6 N–H and O–H groups in total. The van der Waals surface area contributed by atoms with Crippen molar-refractivity contribution in [3.8, 4) is 0 Å². The SMILES string of the molecule is CCc1c(F)cc(CC(O)[C@@H](O)[C@](O)(Cc2cc(F)c(CC)c(F)c2)[C@H](O)[C@@H](O)CO)cc1F. The molecular formula is C24H30F4O6. The highest BCUT2D eigenvalue weighted by molar-refractivity contribution is 5.29. The lowest BCUT2D eigenvalue weighted by Gasteiger charge is -2.40. The predicted octanol–water partition coefficient (Wildman–Crippen LogP) is 1.32. The van der Waals surface area contributed by atoms with E-state index < -0.39 is 72.7 Å². The van der Waals surface area contributed by atoms with E-state index >= 15 is 0 Å². The van der Waals surface area contributed by atoms with E-state index in [9.17, 15) is 48.2 Å². The lowest BCUT2D eigenvalue weighted by Crippen LogP contribution is -2.62. The molecule has 2 aromatic rings. The number of aliphatic hydroxyl groups excluding tert-OH is 5. The van der Waals surface area contributed by atoms with Gasteiger partial charge >= 0.3 is 0 Å². The second kappa shape index (κ2) is 11.6. The molecule has 2 rings (SSSR count). The zero-order valence-corrected chi connectivity index (χ0v) is 18.8. The smallest absolute Gasteiger partial charge is 0.129 e. The van der Waals surface area contributed by atoms with Crippen LogP contribution in [0.1, 0.15) is 36.1 Å². The van der Waals surface area contributed by atoms with Crippen LogP contribution < -0.4 is 0 Å². The molecule has 0 aromatic heterocycles. The van der Waals surface area contributed by atoms with Crippen LogP contribution in [0.2, 0.25) is 0 Å². The maximum absolute atomic E-state index is 14.2. The maximum Gasteiger partial charge on any atom is 0.129 e. The van der Waals surface area contributed by atoms with Crippen LogP contribution in [-0.2, 0) is 25.7 Å². The second-order valence-corrected chi connectivity index (χ2v) is 8.36. The van der Waals surface area contributed by atoms with E-state index in [1.807, 2.05) is 0 Å². The highest BCUT2D eigenvalue weighted by atomic mass is 19.1. The largest absolute Gasteiger partial charge is 0.394 e. The summed E-state index contributed by atoms with van der Waals surface area (Å²) in [5, 5.41) is 61.9. The van der Waals surface area contributed by atoms with E-state index in [0.29, 0.717) is 0 Å². The van der Waals surface area contributed by atoms with Crippen molar-refractivity contribution in [2.24, 2.45) is 0 Å². The van der Waals surface area contributed by atoms with E-state index in [-0.39, 0.29) is 35.1 Å². The highest BCUT2D eigenvalue weighted by Gasteiger charge is 2.48. The Hall–Kier alpha value is -2.08. The molecular weight excluding hydrogens is 460 g/mol. The van der Waals surface area contributed by atoms with Crippen molar-refractivity contribution in [2.75, 3.05) is 6.61 Å². The zero-order valence-electron chi connectivity index (χ0n) is 18.8. The molecule has 0 bridgehead atoms. The van der Waals surface area contributed by atoms with Gasteiger partial charge in [-0.25, -0.2) is 17.6 Å². The molecule has 10 heteroatoms. The van der Waals surface area contributed by atoms with Gasteiger partial charge in [0.2, 0.25) is 0 Å². The average Bonchev–Trinajstić information content (AvgIpc) is 2.76. The number of hydrogen-bond acceptors (Lipinski definition) is 6. The Balaban J connectivity index is 2.41. The molecule has 0 aliphatic rings. The number of hydrogen-bond donors (Lipinski definition) is 6. The number of halogens is 4. The summed E-state index contributed by atoms with van der Waals surface area (Å²) >= 11 is 0. The monoisotopic (exact) mass is 490 g/mol. The third kappa shape index (κ3) is 5.94. The highest BCUT2D eigenvalue weighted by Crippen LogP contribution is 2.29. The van der Waals surface area contributed by atoms with Gasteiger partial charge in [-0.15, -0.1) is 0 Å². The zero-order chi connectivity index (χ0) is 25.8. The van der Waals surface area contributed by atoms with Gasteiger partial charge in [-0.2, -0.15) is 0 Å². The van der Waals surface area contributed by atoms with Crippen LogP contribution in [0.3, 0.4) is 0 Å². The summed E-state index contributed by atoms with van der Waals surface area (Å²) in [6.07, 6.45) is -9.74. The van der Waals surface area contributed by atoms with E-state index in [1.54, 1.807) is 6.92 Å². The van der Waals surface area contributed by atoms with Gasteiger partial charge in [0.15, 0.2) is 0 Å². The quantitative estimate of drug-likeness (QED) is 0.264. The van der Waals surface area contributed by atoms with Crippen LogP contribution in [0.4, 0.5) is 17.6 Å². The van der Waals surface area contributed by atoms with Crippen molar-refractivity contribution in [2.45, 2.75) is 69.5 Å². The fourth-order valence-corrected chi connectivity index (χ4v) is 4.04. The summed E-state index contributed by atoms with van der Waals surface area (Å²) in [5.41, 5.74) is -3.48. The molecule has 6 nitrogen and oxygen atoms in total. The summed E-state index contributed by atoms with van der Waals surface area (Å²) in [6, 6.07) is 3.64. The first-order valence-electron chi connectivity index (χ1n) is 10.9. The van der Waals surface area contributed by atoms with Crippen LogP contribution >= 0.6 is 0 Å². The maximum atomic E-state index is 14.2. The third-order valence-electron chi connectivity index (χ3n) is 5.98. The third-order valence-corrected chi connectivity index (χ3v) is 5.98. The molecule has 0 saturated carbocycles. The first-order valence-corrected chi connectivity index (χ1v) is 10.9. The molecule has 0 fully saturated rings. The normalized spacial score (nSPS) is 17.2. The van der Waals surface area contributed by atoms with Crippen molar-refractivity contribution in [3.63, 3.8) is 0 Å². The topological polar surface area (TPSA) is 121 Å². The lowest BCUT2D eigenvalue weighted by molar-refractivity contribution is -0.203. The molecule has 0 amide bonds. The second-order valence-electron chi connectivity index (χ2n) is 8.36. The van der Waals surface area contributed by atoms with Crippen molar-refractivity contribution in [1.29, 1.82) is 0 Å². The van der Waals surface area contributed by atoms with E-state index in [1.165, 1.54) is 6.92 Å². The van der Waals surface area contributed by atoms with Gasteiger partial charge in [-0.3, -0.25) is 0 Å². The van der Waals surface area contributed by atoms with Crippen LogP contribution in [0.15, 0.2) is 24.3 Å². The molecule has 190 valence electrons. The van der Waals surface area contributed by atoms with Crippen LogP contribution in [-0.4, -0.2) is 67.3 Å². The van der Waals surface area contributed by atoms with Crippen LogP contribution in [0.5, 0.6) is 0 Å². The predicted molar refractivity (Wildman–Crippen MR) is 115 cm³/mol. The minimum atomic E-state index is -2.81. The fourth-order valence-electron chi connectivity index (χ4n) is 4.04. The Kier molecular flexibility index (Phi) is 9.58. The van der Waals surface area contributed by atoms with Crippen molar-refractivity contribution >= 4 is 0 Å². The minimum Gasteiger partial charge on any atom is -0.394 e. The average molecular weight is 490 g/mol. The summed E-state index contributed by atoms with van der Waals surface area (Å²) < 4.78 is 56.7. The standard InChI is InChI=1S/C24H30F4O6/c1-3-14-16(25)5-12(6-17(14)26)9-20(30)22(32)24(34,23(33)21(31)11-29)10-13-7-18(27)15(4-2)19(28)8-13/h5-8,20-23,29-34H,3-4,9-11H2,1-2H3/t20?,21-,22+,23+,24+/m0/s1. The minimum absolute atomic E-state index is 0.0410. The fraction of sp³-hybridized carbons (Fsp3) is 0.500. The molecule has 34 heavy (non-hydrogen) atoms. The summed E-state index contributed by atoms with van der Waals surface area (Å²) in [7, 11) is 0. The Bertz CT molecular complexity index is 942. The summed E-state index contributed by atoms with van der Waals surface area (Å²) in [6.45, 7) is 2.03. The molecule has 0 heterocycles. The van der Waals surface area contributed by atoms with E-state index in [0.717, 1.165) is 24.3 Å². The molecule has 0 aliphatic heterocycles. The first kappa shape index (κ1) is 28.2. The first-order chi connectivity index (χ1) is 15.9. The number of aliphatic hydroxyl groups is 6. The molecule has 2 aromatic carbocycles. The molecule has 1 unspecified atom stereocenters. The number of rotatable bonds is 11.